The van der Waals surface area contributed by atoms with Crippen LogP contribution < -0.4 is 0 Å². The molecule has 0 bridgehead atoms. The van der Waals surface area contributed by atoms with Gasteiger partial charge in [-0.1, -0.05) is 39.8 Å². The first-order valence-electron chi connectivity index (χ1n) is 8.29. The molecule has 1 N–H and O–H groups in total. The monoisotopic (exact) mass is 335 g/mol. The van der Waals surface area contributed by atoms with Gasteiger partial charge in [0, 0.05) is 25.3 Å². The molecule has 0 spiro atoms. The zero-order chi connectivity index (χ0) is 18.3. The third-order valence-corrected chi connectivity index (χ3v) is 3.97. The van der Waals surface area contributed by atoms with E-state index in [2.05, 4.69) is 20.8 Å². The van der Waals surface area contributed by atoms with E-state index >= 15 is 0 Å². The lowest BCUT2D eigenvalue weighted by molar-refractivity contribution is -0.145. The molecule has 0 saturated heterocycles. The number of ether oxygens (including phenoxy) is 1. The van der Waals surface area contributed by atoms with Crippen molar-refractivity contribution < 1.29 is 19.4 Å². The quantitative estimate of drug-likeness (QED) is 0.778. The summed E-state index contributed by atoms with van der Waals surface area (Å²) in [7, 11) is 1.34. The third-order valence-electron chi connectivity index (χ3n) is 3.97. The van der Waals surface area contributed by atoms with E-state index in [1.807, 2.05) is 24.3 Å². The highest BCUT2D eigenvalue weighted by Gasteiger charge is 2.23. The number of aliphatic hydroxyl groups excluding tert-OH is 1. The summed E-state index contributed by atoms with van der Waals surface area (Å²) in [5.74, 6) is -0.897. The lowest BCUT2D eigenvalue weighted by atomic mass is 9.86. The second-order valence-corrected chi connectivity index (χ2v) is 7.08. The summed E-state index contributed by atoms with van der Waals surface area (Å²) < 4.78 is 4.73. The Morgan fingerprint density at radius 2 is 1.79 bits per heavy atom. The summed E-state index contributed by atoms with van der Waals surface area (Å²) in [6, 6.07) is 7.55. The molecule has 5 nitrogen and oxygen atoms in total. The molecule has 0 saturated carbocycles. The van der Waals surface area contributed by atoms with Crippen LogP contribution in [0.1, 0.15) is 50.0 Å². The molecule has 0 aliphatic carbocycles. The molecule has 0 aromatic heterocycles. The smallest absolute Gasteiger partial charge is 0.310 e. The molecule has 0 aliphatic heterocycles. The van der Waals surface area contributed by atoms with Crippen LogP contribution in [0.3, 0.4) is 0 Å². The predicted molar refractivity (Wildman–Crippen MR) is 93.9 cm³/mol. The van der Waals surface area contributed by atoms with E-state index in [0.29, 0.717) is 18.5 Å². The van der Waals surface area contributed by atoms with E-state index in [4.69, 9.17) is 9.84 Å². The van der Waals surface area contributed by atoms with Crippen LogP contribution in [0.4, 0.5) is 0 Å². The van der Waals surface area contributed by atoms with Gasteiger partial charge in [-0.25, -0.2) is 0 Å². The predicted octanol–water partition coefficient (Wildman–Crippen LogP) is 2.62. The fourth-order valence-corrected chi connectivity index (χ4v) is 2.44. The van der Waals surface area contributed by atoms with E-state index in [0.717, 1.165) is 5.56 Å². The summed E-state index contributed by atoms with van der Waals surface area (Å²) in [6.45, 7) is 8.76. The number of amides is 1. The van der Waals surface area contributed by atoms with Gasteiger partial charge < -0.3 is 14.7 Å². The van der Waals surface area contributed by atoms with Crippen molar-refractivity contribution in [1.29, 1.82) is 0 Å². The Balaban J connectivity index is 2.92. The highest BCUT2D eigenvalue weighted by atomic mass is 16.5. The molecule has 1 unspecified atom stereocenters. The fraction of sp³-hybridized carbons (Fsp3) is 0.579. The van der Waals surface area contributed by atoms with Gasteiger partial charge in [0.15, 0.2) is 0 Å². The lowest BCUT2D eigenvalue weighted by Crippen LogP contribution is -2.38. The maximum absolute atomic E-state index is 12.8. The maximum Gasteiger partial charge on any atom is 0.310 e. The Kier molecular flexibility index (Phi) is 7.42. The Hall–Kier alpha value is -1.88. The first-order chi connectivity index (χ1) is 11.2. The van der Waals surface area contributed by atoms with Crippen molar-refractivity contribution in [3.63, 3.8) is 0 Å². The first kappa shape index (κ1) is 20.2. The van der Waals surface area contributed by atoms with Crippen LogP contribution in [0.5, 0.6) is 0 Å². The molecule has 24 heavy (non-hydrogen) atoms. The van der Waals surface area contributed by atoms with Gasteiger partial charge in [0.2, 0.25) is 0 Å². The number of esters is 1. The molecule has 1 rings (SSSR count). The highest BCUT2D eigenvalue weighted by molar-refractivity contribution is 5.94. The summed E-state index contributed by atoms with van der Waals surface area (Å²) >= 11 is 0. The van der Waals surface area contributed by atoms with E-state index in [9.17, 15) is 9.59 Å². The first-order valence-corrected chi connectivity index (χ1v) is 8.29. The summed E-state index contributed by atoms with van der Waals surface area (Å²) in [5, 5.41) is 9.05. The number of carbonyl (C=O) groups excluding carboxylic acids is 2. The van der Waals surface area contributed by atoms with Gasteiger partial charge in [0.1, 0.15) is 0 Å². The molecular weight excluding hydrogens is 306 g/mol. The van der Waals surface area contributed by atoms with Crippen molar-refractivity contribution in [3.05, 3.63) is 35.4 Å². The average molecular weight is 335 g/mol. The highest BCUT2D eigenvalue weighted by Crippen LogP contribution is 2.22. The number of rotatable bonds is 7. The van der Waals surface area contributed by atoms with Crippen molar-refractivity contribution in [1.82, 2.24) is 4.90 Å². The average Bonchev–Trinajstić information content (AvgIpc) is 2.56. The van der Waals surface area contributed by atoms with Crippen molar-refractivity contribution in [2.45, 2.75) is 39.5 Å². The zero-order valence-electron chi connectivity index (χ0n) is 15.3. The largest absolute Gasteiger partial charge is 0.469 e. The van der Waals surface area contributed by atoms with Crippen molar-refractivity contribution in [2.24, 2.45) is 5.92 Å². The molecule has 0 heterocycles. The van der Waals surface area contributed by atoms with Crippen molar-refractivity contribution in [2.75, 3.05) is 26.8 Å². The fourth-order valence-electron chi connectivity index (χ4n) is 2.44. The van der Waals surface area contributed by atoms with E-state index in [-0.39, 0.29) is 30.4 Å². The third kappa shape index (κ3) is 5.64. The van der Waals surface area contributed by atoms with Gasteiger partial charge in [-0.3, -0.25) is 9.59 Å². The van der Waals surface area contributed by atoms with Crippen LogP contribution in [-0.2, 0) is 14.9 Å². The van der Waals surface area contributed by atoms with Crippen LogP contribution in [0, 0.1) is 5.92 Å². The number of hydrogen-bond acceptors (Lipinski definition) is 4. The molecule has 1 aromatic carbocycles. The van der Waals surface area contributed by atoms with Gasteiger partial charge >= 0.3 is 5.97 Å². The maximum atomic E-state index is 12.8. The van der Waals surface area contributed by atoms with E-state index in [1.54, 1.807) is 11.8 Å². The van der Waals surface area contributed by atoms with E-state index < -0.39 is 5.92 Å². The number of carbonyl (C=O) groups is 2. The van der Waals surface area contributed by atoms with E-state index in [1.165, 1.54) is 7.11 Å². The standard InChI is InChI=1S/C19H29NO4/c1-14(18(23)24-5)13-20(11-6-12-21)17(22)15-7-9-16(10-8-15)19(2,3)4/h7-10,14,21H,6,11-13H2,1-5H3. The second-order valence-electron chi connectivity index (χ2n) is 7.08. The Bertz CT molecular complexity index is 545. The molecule has 1 atom stereocenters. The molecule has 0 aliphatic rings. The van der Waals surface area contributed by atoms with Gasteiger partial charge in [-0.05, 0) is 29.5 Å². The van der Waals surface area contributed by atoms with Crippen molar-refractivity contribution >= 4 is 11.9 Å². The van der Waals surface area contributed by atoms with Gasteiger partial charge in [0.05, 0.1) is 13.0 Å². The molecule has 1 amide bonds. The minimum Gasteiger partial charge on any atom is -0.469 e. The van der Waals surface area contributed by atoms with Crippen LogP contribution in [0.2, 0.25) is 0 Å². The molecule has 0 fully saturated rings. The number of hydrogen-bond donors (Lipinski definition) is 1. The topological polar surface area (TPSA) is 66.8 Å². The molecule has 1 aromatic rings. The zero-order valence-corrected chi connectivity index (χ0v) is 15.3. The van der Waals surface area contributed by atoms with Crippen molar-refractivity contribution in [3.8, 4) is 0 Å². The summed E-state index contributed by atoms with van der Waals surface area (Å²) in [6.07, 6.45) is 0.472. The minimum atomic E-state index is -0.411. The van der Waals surface area contributed by atoms with Crippen LogP contribution in [-0.4, -0.2) is 48.7 Å². The van der Waals surface area contributed by atoms with Crippen LogP contribution in [0.15, 0.2) is 24.3 Å². The molecule has 5 heteroatoms. The number of aliphatic hydroxyl groups is 1. The second kappa shape index (κ2) is 8.83. The number of nitrogens with zero attached hydrogens (tertiary/aromatic N) is 1. The normalized spacial score (nSPS) is 12.6. The molecular formula is C19H29NO4. The van der Waals surface area contributed by atoms with Crippen LogP contribution >= 0.6 is 0 Å². The number of methoxy groups -OCH3 is 1. The van der Waals surface area contributed by atoms with Gasteiger partial charge in [-0.15, -0.1) is 0 Å². The Labute approximate surface area is 144 Å². The lowest BCUT2D eigenvalue weighted by Gasteiger charge is -2.25. The Morgan fingerprint density at radius 3 is 2.25 bits per heavy atom. The summed E-state index contributed by atoms with van der Waals surface area (Å²) in [5.41, 5.74) is 1.76. The van der Waals surface area contributed by atoms with Crippen LogP contribution in [0.25, 0.3) is 0 Å². The Morgan fingerprint density at radius 1 is 1.21 bits per heavy atom. The molecule has 0 radical (unpaired) electrons. The molecule has 134 valence electrons. The summed E-state index contributed by atoms with van der Waals surface area (Å²) in [4.78, 5) is 26.0. The van der Waals surface area contributed by atoms with Gasteiger partial charge in [-0.2, -0.15) is 0 Å². The number of benzene rings is 1. The SMILES string of the molecule is COC(=O)C(C)CN(CCCO)C(=O)c1ccc(C(C)(C)C)cc1. The van der Waals surface area contributed by atoms with Gasteiger partial charge in [0.25, 0.3) is 5.91 Å². The minimum absolute atomic E-state index is 0.000648.